The molecule has 1 aromatic heterocycles. The van der Waals surface area contributed by atoms with Crippen LogP contribution in [0.2, 0.25) is 0 Å². The first-order chi connectivity index (χ1) is 16.0. The predicted octanol–water partition coefficient (Wildman–Crippen LogP) is 6.79. The van der Waals surface area contributed by atoms with E-state index in [-0.39, 0.29) is 30.6 Å². The van der Waals surface area contributed by atoms with Crippen LogP contribution in [0.4, 0.5) is 32.0 Å². The lowest BCUT2D eigenvalue weighted by Crippen LogP contribution is -2.36. The fourth-order valence-electron chi connectivity index (χ4n) is 4.35. The number of fused-ring (bicyclic) bond motifs is 1. The highest BCUT2D eigenvalue weighted by Crippen LogP contribution is 2.58. The average molecular weight is 482 g/mol. The van der Waals surface area contributed by atoms with Gasteiger partial charge < -0.3 is 15.0 Å². The number of carbonyl (C=O) groups is 1. The topological polar surface area (TPSA) is 54.1 Å². The largest absolute Gasteiger partial charge is 0.490 e. The number of H-pyrrole nitrogens is 1. The second-order valence-electron chi connectivity index (χ2n) is 8.97. The van der Waals surface area contributed by atoms with Crippen molar-refractivity contribution in [3.05, 3.63) is 59.8 Å². The lowest BCUT2D eigenvalue weighted by Gasteiger charge is -2.35. The number of hydrogen-bond acceptors (Lipinski definition) is 2. The van der Waals surface area contributed by atoms with Gasteiger partial charge in [0, 0.05) is 17.1 Å². The number of hydrogen-bond donors (Lipinski definition) is 2. The fourth-order valence-corrected chi connectivity index (χ4v) is 4.35. The van der Waals surface area contributed by atoms with Crippen molar-refractivity contribution in [2.75, 3.05) is 5.32 Å². The molecular weight excluding hydrogens is 462 g/mol. The van der Waals surface area contributed by atoms with Crippen molar-refractivity contribution >= 4 is 22.5 Å². The molecule has 0 atom stereocenters. The summed E-state index contributed by atoms with van der Waals surface area (Å²) in [5.41, 5.74) is -1.30. The van der Waals surface area contributed by atoms with E-state index in [4.69, 9.17) is 4.74 Å². The van der Waals surface area contributed by atoms with Crippen LogP contribution in [0, 0.1) is 5.41 Å². The quantitative estimate of drug-likeness (QED) is 0.394. The number of aromatic amines is 1. The second-order valence-corrected chi connectivity index (χ2v) is 8.97. The highest BCUT2D eigenvalue weighted by molar-refractivity contribution is 6.05. The van der Waals surface area contributed by atoms with Crippen molar-refractivity contribution in [2.24, 2.45) is 5.41 Å². The second kappa shape index (κ2) is 7.68. The molecule has 10 heteroatoms. The van der Waals surface area contributed by atoms with Crippen molar-refractivity contribution in [1.29, 1.82) is 0 Å². The van der Waals surface area contributed by atoms with Crippen LogP contribution in [0.3, 0.4) is 0 Å². The molecule has 0 radical (unpaired) electrons. The van der Waals surface area contributed by atoms with Gasteiger partial charge in [-0.2, -0.15) is 26.3 Å². The molecule has 1 heterocycles. The number of ether oxygens (including phenoxy) is 1. The van der Waals surface area contributed by atoms with E-state index in [0.717, 1.165) is 17.7 Å². The van der Waals surface area contributed by atoms with Gasteiger partial charge in [-0.25, -0.2) is 0 Å². The average Bonchev–Trinajstić information content (AvgIpc) is 3.48. The van der Waals surface area contributed by atoms with E-state index in [0.29, 0.717) is 29.5 Å². The molecular formula is C24H20F6N2O2. The van der Waals surface area contributed by atoms with Crippen LogP contribution >= 0.6 is 0 Å². The smallest absolute Gasteiger partial charge is 0.416 e. The maximum atomic E-state index is 13.2. The van der Waals surface area contributed by atoms with Gasteiger partial charge >= 0.3 is 12.4 Å². The van der Waals surface area contributed by atoms with E-state index in [1.807, 2.05) is 0 Å². The Labute approximate surface area is 190 Å². The van der Waals surface area contributed by atoms with Gasteiger partial charge in [0.1, 0.15) is 11.2 Å². The molecule has 1 amide bonds. The van der Waals surface area contributed by atoms with E-state index in [2.05, 4.69) is 10.3 Å². The van der Waals surface area contributed by atoms with Gasteiger partial charge in [0.05, 0.1) is 17.4 Å². The number of anilines is 1. The maximum Gasteiger partial charge on any atom is 0.416 e. The first-order valence-electron chi connectivity index (χ1n) is 10.8. The third-order valence-corrected chi connectivity index (χ3v) is 6.74. The van der Waals surface area contributed by atoms with E-state index in [9.17, 15) is 31.1 Å². The number of carbonyl (C=O) groups excluding carboxylic acids is 1. The molecule has 5 rings (SSSR count). The molecule has 0 saturated heterocycles. The lowest BCUT2D eigenvalue weighted by atomic mass is 9.77. The summed E-state index contributed by atoms with van der Waals surface area (Å²) in [6.07, 6.45) is -6.83. The van der Waals surface area contributed by atoms with Crippen molar-refractivity contribution in [2.45, 2.75) is 50.1 Å². The van der Waals surface area contributed by atoms with Crippen molar-refractivity contribution < 1.29 is 35.9 Å². The molecule has 0 aliphatic heterocycles. The van der Waals surface area contributed by atoms with Gasteiger partial charge in [0.25, 0.3) is 0 Å². The summed E-state index contributed by atoms with van der Waals surface area (Å²) in [6, 6.07) is 10.2. The number of alkyl halides is 6. The Morgan fingerprint density at radius 3 is 2.26 bits per heavy atom. The zero-order chi connectivity index (χ0) is 24.3. The third-order valence-electron chi connectivity index (χ3n) is 6.74. The molecule has 0 spiro atoms. The summed E-state index contributed by atoms with van der Waals surface area (Å²) in [6.45, 7) is 0. The molecule has 2 saturated carbocycles. The molecule has 2 N–H and O–H groups in total. The van der Waals surface area contributed by atoms with E-state index in [1.165, 1.54) is 18.3 Å². The van der Waals surface area contributed by atoms with Crippen LogP contribution in [-0.4, -0.2) is 23.2 Å². The number of halogens is 6. The van der Waals surface area contributed by atoms with Crippen LogP contribution < -0.4 is 10.1 Å². The Hall–Kier alpha value is -3.17. The minimum Gasteiger partial charge on any atom is -0.490 e. The van der Waals surface area contributed by atoms with Crippen molar-refractivity contribution in [1.82, 2.24) is 4.98 Å². The number of amides is 1. The van der Waals surface area contributed by atoms with E-state index >= 15 is 0 Å². The number of aromatic nitrogens is 1. The van der Waals surface area contributed by atoms with Crippen LogP contribution in [0.5, 0.6) is 5.75 Å². The Bertz CT molecular complexity index is 1220. The summed E-state index contributed by atoms with van der Waals surface area (Å²) < 4.78 is 83.8. The van der Waals surface area contributed by atoms with E-state index in [1.54, 1.807) is 18.2 Å². The standard InChI is InChI=1S/C24H20F6N2O2/c25-23(26,27)15-3-1-13(2-4-15)14-9-17(10-14)34-16-5-6-19-18(11-16)20(12-31-19)32-21(33)22(7-8-22)24(28,29)30/h1-6,11-12,14,17,31H,7-10H2,(H,32,33). The molecule has 0 bridgehead atoms. The van der Waals surface area contributed by atoms with Gasteiger partial charge in [-0.15, -0.1) is 0 Å². The van der Waals surface area contributed by atoms with Crippen LogP contribution in [0.1, 0.15) is 42.7 Å². The summed E-state index contributed by atoms with van der Waals surface area (Å²) in [5, 5.41) is 2.93. The summed E-state index contributed by atoms with van der Waals surface area (Å²) in [7, 11) is 0. The lowest BCUT2D eigenvalue weighted by molar-refractivity contribution is -0.189. The first kappa shape index (κ1) is 22.6. The fraction of sp³-hybridized carbons (Fsp3) is 0.375. The van der Waals surface area contributed by atoms with Crippen molar-refractivity contribution in [3.8, 4) is 5.75 Å². The minimum atomic E-state index is -4.59. The summed E-state index contributed by atoms with van der Waals surface area (Å²) in [5.74, 6) is -0.476. The molecule has 2 aliphatic rings. The Morgan fingerprint density at radius 2 is 1.68 bits per heavy atom. The van der Waals surface area contributed by atoms with Gasteiger partial charge in [0.15, 0.2) is 0 Å². The molecule has 2 aliphatic carbocycles. The number of benzene rings is 2. The molecule has 0 unspecified atom stereocenters. The molecule has 180 valence electrons. The molecule has 3 aromatic rings. The highest BCUT2D eigenvalue weighted by Gasteiger charge is 2.68. The summed E-state index contributed by atoms with van der Waals surface area (Å²) in [4.78, 5) is 15.2. The van der Waals surface area contributed by atoms with Gasteiger partial charge in [-0.3, -0.25) is 4.79 Å². The van der Waals surface area contributed by atoms with Gasteiger partial charge in [0.2, 0.25) is 5.91 Å². The maximum absolute atomic E-state index is 13.2. The monoisotopic (exact) mass is 482 g/mol. The zero-order valence-electron chi connectivity index (χ0n) is 17.7. The number of rotatable bonds is 5. The molecule has 2 fully saturated rings. The SMILES string of the molecule is O=C(Nc1c[nH]c2ccc(OC3CC(c4ccc(C(F)(F)F)cc4)C3)cc12)C1(C(F)(F)F)CC1. The van der Waals surface area contributed by atoms with Crippen LogP contribution in [0.15, 0.2) is 48.7 Å². The van der Waals surface area contributed by atoms with Crippen LogP contribution in [0.25, 0.3) is 10.9 Å². The van der Waals surface area contributed by atoms with Gasteiger partial charge in [-0.05, 0) is 67.5 Å². The first-order valence-corrected chi connectivity index (χ1v) is 10.8. The van der Waals surface area contributed by atoms with Gasteiger partial charge in [-0.1, -0.05) is 12.1 Å². The summed E-state index contributed by atoms with van der Waals surface area (Å²) >= 11 is 0. The third kappa shape index (κ3) is 3.99. The normalized spacial score (nSPS) is 21.7. The molecule has 34 heavy (non-hydrogen) atoms. The Kier molecular flexibility index (Phi) is 5.11. The Morgan fingerprint density at radius 1 is 1.00 bits per heavy atom. The molecule has 2 aromatic carbocycles. The predicted molar refractivity (Wildman–Crippen MR) is 112 cm³/mol. The van der Waals surface area contributed by atoms with Crippen LogP contribution in [-0.2, 0) is 11.0 Å². The zero-order valence-corrected chi connectivity index (χ0v) is 17.7. The Balaban J connectivity index is 1.23. The van der Waals surface area contributed by atoms with Crippen molar-refractivity contribution in [3.63, 3.8) is 0 Å². The molecule has 4 nitrogen and oxygen atoms in total. The van der Waals surface area contributed by atoms with E-state index < -0.39 is 29.2 Å². The highest BCUT2D eigenvalue weighted by atomic mass is 19.4. The number of nitrogens with one attached hydrogen (secondary N) is 2. The minimum absolute atomic E-state index is 0.0928.